The zero-order chi connectivity index (χ0) is 12.7. The van der Waals surface area contributed by atoms with Gasteiger partial charge in [-0.3, -0.25) is 9.59 Å². The minimum Gasteiger partial charge on any atom is -0.481 e. The van der Waals surface area contributed by atoms with Crippen LogP contribution in [-0.2, 0) is 9.59 Å². The molecule has 3 saturated heterocycles. The average Bonchev–Trinajstić information content (AvgIpc) is 3.01. The highest BCUT2D eigenvalue weighted by molar-refractivity contribution is 5.81. The van der Waals surface area contributed by atoms with Crippen LogP contribution in [0.5, 0.6) is 0 Å². The molecule has 0 saturated carbocycles. The van der Waals surface area contributed by atoms with Crippen molar-refractivity contribution >= 4 is 11.9 Å². The molecule has 3 aliphatic rings. The molecule has 4 atom stereocenters. The van der Waals surface area contributed by atoms with E-state index < -0.39 is 5.97 Å². The molecule has 4 unspecified atom stereocenters. The molecule has 0 aromatic carbocycles. The van der Waals surface area contributed by atoms with Crippen molar-refractivity contribution in [3.05, 3.63) is 0 Å². The smallest absolute Gasteiger partial charge is 0.305 e. The summed E-state index contributed by atoms with van der Waals surface area (Å²) in [6.07, 6.45) is 5.11. The predicted octanol–water partition coefficient (Wildman–Crippen LogP) is 0.593. The lowest BCUT2D eigenvalue weighted by Crippen LogP contribution is -2.44. The van der Waals surface area contributed by atoms with Gasteiger partial charge >= 0.3 is 5.97 Å². The Morgan fingerprint density at radius 3 is 2.72 bits per heavy atom. The molecule has 3 aliphatic heterocycles. The predicted molar refractivity (Wildman–Crippen MR) is 65.0 cm³/mol. The van der Waals surface area contributed by atoms with Crippen LogP contribution in [0.3, 0.4) is 0 Å². The molecule has 0 aromatic rings. The highest BCUT2D eigenvalue weighted by atomic mass is 16.4. The summed E-state index contributed by atoms with van der Waals surface area (Å²) >= 11 is 0. The number of nitrogens with zero attached hydrogens (tertiary/aromatic N) is 1. The van der Waals surface area contributed by atoms with Gasteiger partial charge in [0.05, 0.1) is 12.3 Å². The molecule has 100 valence electrons. The Kier molecular flexibility index (Phi) is 3.01. The minimum absolute atomic E-state index is 0.0749. The molecular weight excluding hydrogens is 232 g/mol. The standard InChI is InChI=1S/C13H20N2O3/c16-12(17)7-9-2-1-5-15(9)13(18)10-6-8-3-4-11(10)14-8/h8-11,14H,1-7H2,(H,16,17). The third-order valence-electron chi connectivity index (χ3n) is 4.69. The van der Waals surface area contributed by atoms with Gasteiger partial charge in [0.25, 0.3) is 0 Å². The Morgan fingerprint density at radius 2 is 2.11 bits per heavy atom. The number of carbonyl (C=O) groups excluding carboxylic acids is 1. The molecular formula is C13H20N2O3. The second-order valence-electron chi connectivity index (χ2n) is 5.82. The van der Waals surface area contributed by atoms with E-state index in [4.69, 9.17) is 5.11 Å². The molecule has 1 amide bonds. The summed E-state index contributed by atoms with van der Waals surface area (Å²) in [6.45, 7) is 0.741. The number of rotatable bonds is 3. The summed E-state index contributed by atoms with van der Waals surface area (Å²) < 4.78 is 0. The lowest BCUT2D eigenvalue weighted by molar-refractivity contribution is -0.141. The maximum absolute atomic E-state index is 12.5. The molecule has 2 bridgehead atoms. The average molecular weight is 252 g/mol. The fraction of sp³-hybridized carbons (Fsp3) is 0.846. The topological polar surface area (TPSA) is 69.6 Å². The fourth-order valence-electron chi connectivity index (χ4n) is 3.85. The van der Waals surface area contributed by atoms with Crippen molar-refractivity contribution in [2.45, 2.75) is 56.7 Å². The van der Waals surface area contributed by atoms with E-state index in [0.29, 0.717) is 12.1 Å². The van der Waals surface area contributed by atoms with E-state index in [9.17, 15) is 9.59 Å². The van der Waals surface area contributed by atoms with Crippen LogP contribution in [0.2, 0.25) is 0 Å². The van der Waals surface area contributed by atoms with Crippen LogP contribution < -0.4 is 5.32 Å². The first-order valence-corrected chi connectivity index (χ1v) is 6.93. The summed E-state index contributed by atoms with van der Waals surface area (Å²) in [4.78, 5) is 25.2. The summed E-state index contributed by atoms with van der Waals surface area (Å²) in [5.41, 5.74) is 0. The summed E-state index contributed by atoms with van der Waals surface area (Å²) in [5.74, 6) is -0.512. The summed E-state index contributed by atoms with van der Waals surface area (Å²) in [5, 5.41) is 12.4. The monoisotopic (exact) mass is 252 g/mol. The molecule has 5 nitrogen and oxygen atoms in total. The van der Waals surface area contributed by atoms with Crippen molar-refractivity contribution in [3.63, 3.8) is 0 Å². The molecule has 5 heteroatoms. The number of likely N-dealkylation sites (tertiary alicyclic amines) is 1. The Bertz CT molecular complexity index is 371. The van der Waals surface area contributed by atoms with Crippen LogP contribution in [0.15, 0.2) is 0 Å². The molecule has 0 aromatic heterocycles. The SMILES string of the molecule is O=C(O)CC1CCCN1C(=O)C1CC2CCC1N2. The van der Waals surface area contributed by atoms with Crippen LogP contribution >= 0.6 is 0 Å². The zero-order valence-electron chi connectivity index (χ0n) is 10.5. The number of aliphatic carboxylic acids is 1. The van der Waals surface area contributed by atoms with Crippen LogP contribution in [0, 0.1) is 5.92 Å². The fourth-order valence-corrected chi connectivity index (χ4v) is 3.85. The van der Waals surface area contributed by atoms with Gasteiger partial charge in [-0.2, -0.15) is 0 Å². The number of carbonyl (C=O) groups is 2. The number of carboxylic acid groups (broad SMARTS) is 1. The van der Waals surface area contributed by atoms with E-state index in [1.165, 1.54) is 6.42 Å². The number of amides is 1. The molecule has 3 heterocycles. The lowest BCUT2D eigenvalue weighted by Gasteiger charge is -2.29. The van der Waals surface area contributed by atoms with E-state index in [0.717, 1.165) is 32.2 Å². The van der Waals surface area contributed by atoms with Crippen LogP contribution in [0.1, 0.15) is 38.5 Å². The van der Waals surface area contributed by atoms with Gasteiger partial charge < -0.3 is 15.3 Å². The molecule has 0 aliphatic carbocycles. The normalized spacial score (nSPS) is 38.3. The number of nitrogens with one attached hydrogen (secondary N) is 1. The Hall–Kier alpha value is -1.10. The lowest BCUT2D eigenvalue weighted by atomic mass is 9.88. The number of fused-ring (bicyclic) bond motifs is 2. The second-order valence-corrected chi connectivity index (χ2v) is 5.82. The first kappa shape index (κ1) is 12.0. The third kappa shape index (κ3) is 2.00. The summed E-state index contributed by atoms with van der Waals surface area (Å²) in [6, 6.07) is 0.784. The van der Waals surface area contributed by atoms with Crippen molar-refractivity contribution in [2.24, 2.45) is 5.92 Å². The van der Waals surface area contributed by atoms with Crippen molar-refractivity contribution < 1.29 is 14.7 Å². The zero-order valence-corrected chi connectivity index (χ0v) is 10.5. The molecule has 2 N–H and O–H groups in total. The van der Waals surface area contributed by atoms with Gasteiger partial charge in [0, 0.05) is 24.7 Å². The van der Waals surface area contributed by atoms with Crippen LogP contribution in [-0.4, -0.2) is 46.6 Å². The summed E-state index contributed by atoms with van der Waals surface area (Å²) in [7, 11) is 0. The first-order chi connectivity index (χ1) is 8.65. The van der Waals surface area contributed by atoms with Crippen LogP contribution in [0.4, 0.5) is 0 Å². The number of hydrogen-bond acceptors (Lipinski definition) is 3. The second kappa shape index (κ2) is 4.53. The van der Waals surface area contributed by atoms with E-state index in [-0.39, 0.29) is 24.3 Å². The van der Waals surface area contributed by atoms with Crippen molar-refractivity contribution in [3.8, 4) is 0 Å². The number of hydrogen-bond donors (Lipinski definition) is 2. The van der Waals surface area contributed by atoms with Crippen molar-refractivity contribution in [1.82, 2.24) is 10.2 Å². The molecule has 18 heavy (non-hydrogen) atoms. The minimum atomic E-state index is -0.800. The van der Waals surface area contributed by atoms with Gasteiger partial charge in [-0.15, -0.1) is 0 Å². The Morgan fingerprint density at radius 1 is 1.28 bits per heavy atom. The maximum atomic E-state index is 12.5. The molecule has 3 fully saturated rings. The van der Waals surface area contributed by atoms with E-state index in [1.807, 2.05) is 4.90 Å². The molecule has 3 rings (SSSR count). The molecule has 0 spiro atoms. The van der Waals surface area contributed by atoms with E-state index >= 15 is 0 Å². The highest BCUT2D eigenvalue weighted by Gasteiger charge is 2.45. The van der Waals surface area contributed by atoms with Gasteiger partial charge in [0.15, 0.2) is 0 Å². The van der Waals surface area contributed by atoms with Crippen molar-refractivity contribution in [2.75, 3.05) is 6.54 Å². The van der Waals surface area contributed by atoms with Crippen LogP contribution in [0.25, 0.3) is 0 Å². The Labute approximate surface area is 107 Å². The highest BCUT2D eigenvalue weighted by Crippen LogP contribution is 2.36. The van der Waals surface area contributed by atoms with E-state index in [1.54, 1.807) is 0 Å². The van der Waals surface area contributed by atoms with Gasteiger partial charge in [0.2, 0.25) is 5.91 Å². The van der Waals surface area contributed by atoms with Crippen molar-refractivity contribution in [1.29, 1.82) is 0 Å². The van der Waals surface area contributed by atoms with Gasteiger partial charge in [-0.05, 0) is 32.1 Å². The van der Waals surface area contributed by atoms with E-state index in [2.05, 4.69) is 5.32 Å². The quantitative estimate of drug-likeness (QED) is 0.771. The number of carboxylic acids is 1. The largest absolute Gasteiger partial charge is 0.481 e. The van der Waals surface area contributed by atoms with Gasteiger partial charge in [-0.25, -0.2) is 0 Å². The first-order valence-electron chi connectivity index (χ1n) is 6.93. The molecule has 0 radical (unpaired) electrons. The van der Waals surface area contributed by atoms with Gasteiger partial charge in [0.1, 0.15) is 0 Å². The van der Waals surface area contributed by atoms with Gasteiger partial charge in [-0.1, -0.05) is 0 Å². The Balaban J connectivity index is 1.66. The third-order valence-corrected chi connectivity index (χ3v) is 4.69. The maximum Gasteiger partial charge on any atom is 0.305 e.